The second kappa shape index (κ2) is 11.2. The number of aryl methyl sites for hydroxylation is 1. The summed E-state index contributed by atoms with van der Waals surface area (Å²) in [5.41, 5.74) is 5.77. The Labute approximate surface area is 256 Å². The first kappa shape index (κ1) is 32.0. The molecule has 0 radical (unpaired) electrons. The van der Waals surface area contributed by atoms with Gasteiger partial charge in [0.1, 0.15) is 0 Å². The first-order valence-electron chi connectivity index (χ1n) is 16.5. The minimum Gasteiger partial charge on any atom is -0.392 e. The van der Waals surface area contributed by atoms with E-state index in [1.807, 2.05) is 6.92 Å². The standard InChI is InChI=1S/C37H56O4S/c1-25(2)10-9-11-27(4)29-18-22-36(7)30(29)16-17-32-34(5)21-20-33(38)35(6,31(34)19-23-37(32,36)8)24-41-42(39,40)28-14-12-26(3)13-15-28/h10,12-15,30-33,38H,9,11,16-24H2,1-8H3/b29-27-/t30-,31+,32-,33-,34-,35+,36-,37-/m0/s1. The van der Waals surface area contributed by atoms with Crippen LogP contribution in [0.25, 0.3) is 0 Å². The molecule has 0 bridgehead atoms. The molecule has 4 fully saturated rings. The zero-order chi connectivity index (χ0) is 30.7. The summed E-state index contributed by atoms with van der Waals surface area (Å²) < 4.78 is 32.2. The summed E-state index contributed by atoms with van der Waals surface area (Å²) in [7, 11) is -3.90. The van der Waals surface area contributed by atoms with Crippen LogP contribution in [0.2, 0.25) is 0 Å². The van der Waals surface area contributed by atoms with Crippen molar-refractivity contribution in [1.82, 2.24) is 0 Å². The zero-order valence-electron chi connectivity index (χ0n) is 27.6. The van der Waals surface area contributed by atoms with Crippen LogP contribution < -0.4 is 0 Å². The van der Waals surface area contributed by atoms with E-state index in [0.29, 0.717) is 18.3 Å². The quantitative estimate of drug-likeness (QED) is 0.252. The van der Waals surface area contributed by atoms with Crippen LogP contribution in [0.4, 0.5) is 0 Å². The summed E-state index contributed by atoms with van der Waals surface area (Å²) in [5, 5.41) is 11.5. The van der Waals surface area contributed by atoms with Crippen molar-refractivity contribution in [3.8, 4) is 0 Å². The molecule has 8 atom stereocenters. The summed E-state index contributed by atoms with van der Waals surface area (Å²) in [6.07, 6.45) is 13.0. The van der Waals surface area contributed by atoms with E-state index in [9.17, 15) is 13.5 Å². The van der Waals surface area contributed by atoms with Crippen molar-refractivity contribution in [1.29, 1.82) is 0 Å². The van der Waals surface area contributed by atoms with Crippen LogP contribution in [0.1, 0.15) is 118 Å². The highest BCUT2D eigenvalue weighted by Crippen LogP contribution is 2.75. The average Bonchev–Trinajstić information content (AvgIpc) is 3.28. The van der Waals surface area contributed by atoms with Crippen LogP contribution in [-0.4, -0.2) is 26.2 Å². The van der Waals surface area contributed by atoms with E-state index < -0.39 is 21.6 Å². The van der Waals surface area contributed by atoms with Gasteiger partial charge in [-0.05, 0) is 138 Å². The molecular weight excluding hydrogens is 540 g/mol. The molecular formula is C37H56O4S. The maximum absolute atomic E-state index is 13.2. The molecule has 0 spiro atoms. The van der Waals surface area contributed by atoms with Crippen molar-refractivity contribution in [2.75, 3.05) is 6.61 Å². The van der Waals surface area contributed by atoms with Crippen molar-refractivity contribution in [3.05, 3.63) is 52.6 Å². The topological polar surface area (TPSA) is 63.6 Å². The number of rotatable bonds is 7. The predicted molar refractivity (Wildman–Crippen MR) is 172 cm³/mol. The van der Waals surface area contributed by atoms with Crippen molar-refractivity contribution in [3.63, 3.8) is 0 Å². The van der Waals surface area contributed by atoms with Gasteiger partial charge in [-0.3, -0.25) is 4.18 Å². The molecule has 4 aliphatic rings. The number of allylic oxidation sites excluding steroid dienone is 4. The molecule has 4 nitrogen and oxygen atoms in total. The summed E-state index contributed by atoms with van der Waals surface area (Å²) in [6.45, 7) is 18.6. The van der Waals surface area contributed by atoms with Gasteiger partial charge in [-0.2, -0.15) is 8.42 Å². The third kappa shape index (κ3) is 5.08. The Morgan fingerprint density at radius 3 is 2.29 bits per heavy atom. The Hall–Kier alpha value is -1.43. The molecule has 4 saturated carbocycles. The molecule has 0 aromatic heterocycles. The molecule has 0 heterocycles. The first-order chi connectivity index (χ1) is 19.6. The van der Waals surface area contributed by atoms with Gasteiger partial charge in [-0.25, -0.2) is 0 Å². The predicted octanol–water partition coefficient (Wildman–Crippen LogP) is 9.17. The van der Waals surface area contributed by atoms with Crippen molar-refractivity contribution in [2.24, 2.45) is 39.4 Å². The SMILES string of the molecule is CC(C)=CCC/C(C)=C1/CC[C@@]2(C)[C@H]1CC[C@H]1[C@@]3(C)CC[C@H](O)[C@](C)(COS(=O)(=O)c4ccc(C)cc4)[C@@H]3CC[C@@]12C. The molecule has 1 N–H and O–H groups in total. The van der Waals surface area contributed by atoms with Gasteiger partial charge in [0.05, 0.1) is 17.6 Å². The molecule has 0 aliphatic heterocycles. The van der Waals surface area contributed by atoms with E-state index >= 15 is 0 Å². The molecule has 42 heavy (non-hydrogen) atoms. The van der Waals surface area contributed by atoms with Gasteiger partial charge >= 0.3 is 0 Å². The fourth-order valence-corrected chi connectivity index (χ4v) is 11.8. The number of benzene rings is 1. The van der Waals surface area contributed by atoms with Crippen molar-refractivity contribution in [2.45, 2.75) is 131 Å². The smallest absolute Gasteiger partial charge is 0.296 e. The number of aliphatic hydroxyl groups excluding tert-OH is 1. The Morgan fingerprint density at radius 2 is 1.62 bits per heavy atom. The van der Waals surface area contributed by atoms with E-state index in [1.165, 1.54) is 37.7 Å². The van der Waals surface area contributed by atoms with E-state index in [0.717, 1.165) is 31.2 Å². The Bertz CT molecular complexity index is 1340. The van der Waals surface area contributed by atoms with Gasteiger partial charge in [0.2, 0.25) is 0 Å². The highest BCUT2D eigenvalue weighted by Gasteiger charge is 2.68. The fraction of sp³-hybridized carbons (Fsp3) is 0.730. The first-order valence-corrected chi connectivity index (χ1v) is 18.0. The van der Waals surface area contributed by atoms with Crippen LogP contribution >= 0.6 is 0 Å². The van der Waals surface area contributed by atoms with Crippen LogP contribution in [-0.2, 0) is 14.3 Å². The van der Waals surface area contributed by atoms with Gasteiger partial charge < -0.3 is 5.11 Å². The Balaban J connectivity index is 1.40. The van der Waals surface area contributed by atoms with Crippen LogP contribution in [0.3, 0.4) is 0 Å². The molecule has 1 aromatic carbocycles. The van der Waals surface area contributed by atoms with Gasteiger partial charge in [-0.15, -0.1) is 0 Å². The minimum absolute atomic E-state index is 0.0335. The van der Waals surface area contributed by atoms with E-state index in [1.54, 1.807) is 35.4 Å². The molecule has 234 valence electrons. The molecule has 4 aliphatic carbocycles. The summed E-state index contributed by atoms with van der Waals surface area (Å²) in [4.78, 5) is 0.188. The molecule has 1 aromatic rings. The Morgan fingerprint density at radius 1 is 0.929 bits per heavy atom. The normalized spacial score (nSPS) is 41.0. The molecule has 0 saturated heterocycles. The van der Waals surface area contributed by atoms with Crippen molar-refractivity contribution < 1.29 is 17.7 Å². The monoisotopic (exact) mass is 596 g/mol. The van der Waals surface area contributed by atoms with E-state index in [2.05, 4.69) is 54.5 Å². The van der Waals surface area contributed by atoms with Gasteiger partial charge in [0.15, 0.2) is 0 Å². The lowest BCUT2D eigenvalue weighted by atomic mass is 9.35. The van der Waals surface area contributed by atoms with Crippen LogP contribution in [0.15, 0.2) is 52.0 Å². The van der Waals surface area contributed by atoms with Gasteiger partial charge in [0.25, 0.3) is 10.1 Å². The van der Waals surface area contributed by atoms with Gasteiger partial charge in [0, 0.05) is 5.41 Å². The molecule has 0 unspecified atom stereocenters. The summed E-state index contributed by atoms with van der Waals surface area (Å²) >= 11 is 0. The third-order valence-corrected chi connectivity index (χ3v) is 14.7. The van der Waals surface area contributed by atoms with Gasteiger partial charge in [-0.1, -0.05) is 68.2 Å². The van der Waals surface area contributed by atoms with Crippen molar-refractivity contribution >= 4 is 10.1 Å². The number of hydrogen-bond donors (Lipinski definition) is 1. The van der Waals surface area contributed by atoms with Crippen LogP contribution in [0, 0.1) is 46.3 Å². The number of hydrogen-bond acceptors (Lipinski definition) is 4. The summed E-state index contributed by atoms with van der Waals surface area (Å²) in [6, 6.07) is 6.84. The lowest BCUT2D eigenvalue weighted by molar-refractivity contribution is -0.226. The summed E-state index contributed by atoms with van der Waals surface area (Å²) in [5.74, 6) is 1.47. The largest absolute Gasteiger partial charge is 0.392 e. The minimum atomic E-state index is -3.90. The second-order valence-electron chi connectivity index (χ2n) is 15.8. The highest BCUT2D eigenvalue weighted by atomic mass is 32.2. The molecule has 0 amide bonds. The third-order valence-electron chi connectivity index (χ3n) is 13.4. The fourth-order valence-electron chi connectivity index (χ4n) is 10.8. The molecule has 5 heteroatoms. The van der Waals surface area contributed by atoms with Crippen LogP contribution in [0.5, 0.6) is 0 Å². The van der Waals surface area contributed by atoms with E-state index in [-0.39, 0.29) is 33.7 Å². The second-order valence-corrected chi connectivity index (χ2v) is 17.4. The maximum Gasteiger partial charge on any atom is 0.296 e. The number of fused-ring (bicyclic) bond motifs is 5. The zero-order valence-corrected chi connectivity index (χ0v) is 28.4. The molecule has 5 rings (SSSR count). The van der Waals surface area contributed by atoms with E-state index in [4.69, 9.17) is 4.18 Å². The number of aliphatic hydroxyl groups is 1. The Kier molecular flexibility index (Phi) is 8.51. The average molecular weight is 597 g/mol. The highest BCUT2D eigenvalue weighted by molar-refractivity contribution is 7.86. The lowest BCUT2D eigenvalue weighted by Gasteiger charge is -2.69. The lowest BCUT2D eigenvalue weighted by Crippen LogP contribution is -2.65. The maximum atomic E-state index is 13.2.